The van der Waals surface area contributed by atoms with Gasteiger partial charge in [-0.1, -0.05) is 12.1 Å². The molecule has 0 aliphatic heterocycles. The molecule has 0 amide bonds. The molecule has 0 spiro atoms. The minimum Gasteiger partial charge on any atom is -0.358 e. The molecule has 0 bridgehead atoms. The van der Waals surface area contributed by atoms with Crippen molar-refractivity contribution in [3.8, 4) is 11.4 Å². The summed E-state index contributed by atoms with van der Waals surface area (Å²) in [5.74, 6) is 1.37. The van der Waals surface area contributed by atoms with Crippen molar-refractivity contribution in [3.63, 3.8) is 0 Å². The number of nitrogens with one attached hydrogen (secondary N) is 2. The van der Waals surface area contributed by atoms with Crippen LogP contribution in [0.4, 0.5) is 0 Å². The van der Waals surface area contributed by atoms with E-state index in [-0.39, 0.29) is 0 Å². The fourth-order valence-electron chi connectivity index (χ4n) is 2.26. The van der Waals surface area contributed by atoms with E-state index in [1.54, 1.807) is 0 Å². The predicted molar refractivity (Wildman–Crippen MR) is 63.4 cm³/mol. The number of aromatic amines is 2. The van der Waals surface area contributed by atoms with Gasteiger partial charge in [0.15, 0.2) is 0 Å². The molecule has 3 aromatic rings. The van der Waals surface area contributed by atoms with Crippen LogP contribution in [0.15, 0.2) is 24.3 Å². The SMILES string of the molecule is c1cc(-c2nn[nH]n2)c2cc(C3CC3)[nH]c2c1. The van der Waals surface area contributed by atoms with E-state index in [0.717, 1.165) is 17.0 Å². The van der Waals surface area contributed by atoms with Gasteiger partial charge in [-0.2, -0.15) is 5.21 Å². The first-order chi connectivity index (χ1) is 8.42. The Hall–Kier alpha value is -2.17. The molecule has 5 nitrogen and oxygen atoms in total. The molecule has 0 atom stereocenters. The van der Waals surface area contributed by atoms with Gasteiger partial charge < -0.3 is 4.98 Å². The van der Waals surface area contributed by atoms with E-state index in [1.165, 1.54) is 23.9 Å². The number of tetrazole rings is 1. The van der Waals surface area contributed by atoms with E-state index in [4.69, 9.17) is 0 Å². The zero-order valence-corrected chi connectivity index (χ0v) is 9.14. The first-order valence-electron chi connectivity index (χ1n) is 5.77. The number of nitrogens with zero attached hydrogens (tertiary/aromatic N) is 3. The largest absolute Gasteiger partial charge is 0.358 e. The molecule has 4 rings (SSSR count). The Morgan fingerprint density at radius 2 is 2.18 bits per heavy atom. The number of hydrogen-bond acceptors (Lipinski definition) is 3. The lowest BCUT2D eigenvalue weighted by Gasteiger charge is -1.95. The Bertz CT molecular complexity index is 663. The summed E-state index contributed by atoms with van der Waals surface area (Å²) < 4.78 is 0. The van der Waals surface area contributed by atoms with Gasteiger partial charge >= 0.3 is 0 Å². The van der Waals surface area contributed by atoms with Crippen LogP contribution in [-0.2, 0) is 0 Å². The summed E-state index contributed by atoms with van der Waals surface area (Å²) in [6.45, 7) is 0. The third-order valence-electron chi connectivity index (χ3n) is 3.29. The highest BCUT2D eigenvalue weighted by Gasteiger charge is 2.25. The second kappa shape index (κ2) is 3.16. The van der Waals surface area contributed by atoms with Crippen LogP contribution in [0, 0.1) is 0 Å². The standard InChI is InChI=1S/C12H11N5/c1-2-8(12-14-16-17-15-12)9-6-11(7-4-5-7)13-10(9)3-1/h1-3,6-7,13H,4-5H2,(H,14,15,16,17). The normalized spacial score (nSPS) is 15.5. The molecule has 1 saturated carbocycles. The Balaban J connectivity index is 1.96. The summed E-state index contributed by atoms with van der Waals surface area (Å²) in [4.78, 5) is 3.47. The molecular weight excluding hydrogens is 214 g/mol. The molecule has 1 fully saturated rings. The van der Waals surface area contributed by atoms with Crippen LogP contribution in [0.5, 0.6) is 0 Å². The zero-order valence-electron chi connectivity index (χ0n) is 9.14. The second-order valence-corrected chi connectivity index (χ2v) is 4.50. The van der Waals surface area contributed by atoms with Gasteiger partial charge in [-0.05, 0) is 36.1 Å². The highest BCUT2D eigenvalue weighted by atomic mass is 15.5. The number of benzene rings is 1. The number of aromatic nitrogens is 5. The van der Waals surface area contributed by atoms with Crippen molar-refractivity contribution < 1.29 is 0 Å². The van der Waals surface area contributed by atoms with Gasteiger partial charge in [0.1, 0.15) is 0 Å². The maximum Gasteiger partial charge on any atom is 0.205 e. The monoisotopic (exact) mass is 225 g/mol. The van der Waals surface area contributed by atoms with Crippen LogP contribution in [0.25, 0.3) is 22.3 Å². The van der Waals surface area contributed by atoms with E-state index in [2.05, 4.69) is 37.7 Å². The van der Waals surface area contributed by atoms with Crippen LogP contribution in [0.2, 0.25) is 0 Å². The van der Waals surface area contributed by atoms with Gasteiger partial charge in [0.25, 0.3) is 0 Å². The van der Waals surface area contributed by atoms with E-state index in [9.17, 15) is 0 Å². The molecule has 1 aliphatic rings. The van der Waals surface area contributed by atoms with Crippen molar-refractivity contribution in [2.75, 3.05) is 0 Å². The maximum atomic E-state index is 4.05. The first kappa shape index (κ1) is 8.92. The van der Waals surface area contributed by atoms with Crippen molar-refractivity contribution in [2.24, 2.45) is 0 Å². The Kier molecular flexibility index (Phi) is 1.66. The van der Waals surface area contributed by atoms with Gasteiger partial charge in [-0.15, -0.1) is 10.2 Å². The molecular formula is C12H11N5. The third kappa shape index (κ3) is 1.35. The molecule has 2 heterocycles. The Morgan fingerprint density at radius 1 is 1.24 bits per heavy atom. The van der Waals surface area contributed by atoms with Crippen LogP contribution < -0.4 is 0 Å². The molecule has 5 heteroatoms. The summed E-state index contributed by atoms with van der Waals surface area (Å²) in [5, 5.41) is 15.4. The summed E-state index contributed by atoms with van der Waals surface area (Å²) in [7, 11) is 0. The van der Waals surface area contributed by atoms with Gasteiger partial charge in [0.05, 0.1) is 0 Å². The second-order valence-electron chi connectivity index (χ2n) is 4.50. The van der Waals surface area contributed by atoms with Gasteiger partial charge in [0, 0.05) is 22.2 Å². The predicted octanol–water partition coefficient (Wildman–Crippen LogP) is 2.23. The number of rotatable bonds is 2. The molecule has 0 radical (unpaired) electrons. The van der Waals surface area contributed by atoms with Crippen molar-refractivity contribution in [2.45, 2.75) is 18.8 Å². The number of H-pyrrole nitrogens is 2. The first-order valence-corrected chi connectivity index (χ1v) is 5.77. The Labute approximate surface area is 97.2 Å². The lowest BCUT2D eigenvalue weighted by molar-refractivity contribution is 0.881. The molecule has 17 heavy (non-hydrogen) atoms. The van der Waals surface area contributed by atoms with Crippen molar-refractivity contribution in [1.29, 1.82) is 0 Å². The summed E-state index contributed by atoms with van der Waals surface area (Å²) in [6.07, 6.45) is 2.59. The minimum absolute atomic E-state index is 0.650. The molecule has 2 N–H and O–H groups in total. The average Bonchev–Trinajstić information content (AvgIpc) is 2.92. The third-order valence-corrected chi connectivity index (χ3v) is 3.29. The van der Waals surface area contributed by atoms with Crippen LogP contribution in [0.3, 0.4) is 0 Å². The summed E-state index contributed by atoms with van der Waals surface area (Å²) in [6, 6.07) is 8.35. The molecule has 2 aromatic heterocycles. The molecule has 84 valence electrons. The summed E-state index contributed by atoms with van der Waals surface area (Å²) in [5.41, 5.74) is 3.50. The van der Waals surface area contributed by atoms with Crippen molar-refractivity contribution >= 4 is 10.9 Å². The number of hydrogen-bond donors (Lipinski definition) is 2. The topological polar surface area (TPSA) is 70.2 Å². The van der Waals surface area contributed by atoms with Crippen molar-refractivity contribution in [1.82, 2.24) is 25.6 Å². The van der Waals surface area contributed by atoms with Crippen molar-refractivity contribution in [3.05, 3.63) is 30.0 Å². The molecule has 1 aromatic carbocycles. The van der Waals surface area contributed by atoms with Crippen LogP contribution in [-0.4, -0.2) is 25.6 Å². The molecule has 0 saturated heterocycles. The van der Waals surface area contributed by atoms with Crippen LogP contribution >= 0.6 is 0 Å². The summed E-state index contributed by atoms with van der Waals surface area (Å²) >= 11 is 0. The average molecular weight is 225 g/mol. The quantitative estimate of drug-likeness (QED) is 0.702. The molecule has 0 unspecified atom stereocenters. The highest BCUT2D eigenvalue weighted by molar-refractivity contribution is 5.94. The van der Waals surface area contributed by atoms with E-state index >= 15 is 0 Å². The van der Waals surface area contributed by atoms with E-state index < -0.39 is 0 Å². The molecule has 1 aliphatic carbocycles. The van der Waals surface area contributed by atoms with E-state index in [0.29, 0.717) is 5.82 Å². The smallest absolute Gasteiger partial charge is 0.205 e. The lowest BCUT2D eigenvalue weighted by Crippen LogP contribution is -1.81. The number of fused-ring (bicyclic) bond motifs is 1. The van der Waals surface area contributed by atoms with Gasteiger partial charge in [-0.25, -0.2) is 0 Å². The highest BCUT2D eigenvalue weighted by Crippen LogP contribution is 2.41. The minimum atomic E-state index is 0.650. The zero-order chi connectivity index (χ0) is 11.2. The lowest BCUT2D eigenvalue weighted by atomic mass is 10.1. The Morgan fingerprint density at radius 3 is 2.94 bits per heavy atom. The fraction of sp³-hybridized carbons (Fsp3) is 0.250. The fourth-order valence-corrected chi connectivity index (χ4v) is 2.26. The van der Waals surface area contributed by atoms with E-state index in [1.807, 2.05) is 12.1 Å². The van der Waals surface area contributed by atoms with Crippen LogP contribution in [0.1, 0.15) is 24.5 Å². The maximum absolute atomic E-state index is 4.05. The van der Waals surface area contributed by atoms with Gasteiger partial charge in [0.2, 0.25) is 5.82 Å². The van der Waals surface area contributed by atoms with Gasteiger partial charge in [-0.3, -0.25) is 0 Å².